The van der Waals surface area contributed by atoms with E-state index in [9.17, 15) is 13.6 Å². The van der Waals surface area contributed by atoms with E-state index in [1.54, 1.807) is 30.0 Å². The molecule has 2 aliphatic rings. The van der Waals surface area contributed by atoms with Crippen molar-refractivity contribution >= 4 is 18.3 Å². The fourth-order valence-electron chi connectivity index (χ4n) is 4.45. The molecule has 1 amide bonds. The number of carbonyl (C=O) groups excluding carboxylic acids is 1. The van der Waals surface area contributed by atoms with Crippen molar-refractivity contribution in [2.45, 2.75) is 25.8 Å². The van der Waals surface area contributed by atoms with Crippen LogP contribution in [0.25, 0.3) is 11.1 Å². The first-order chi connectivity index (χ1) is 12.4. The van der Waals surface area contributed by atoms with E-state index in [1.165, 1.54) is 18.2 Å². The zero-order chi connectivity index (χ0) is 18.4. The average molecular weight is 393 g/mol. The number of nitrogens with zero attached hydrogens (tertiary/aromatic N) is 1. The maximum absolute atomic E-state index is 14.7. The summed E-state index contributed by atoms with van der Waals surface area (Å²) in [5.74, 6) is -0.129. The standard InChI is InChI=1S/C21H22F2N2O.ClH/c1-12-8-15(22)4-6-16(12)17-5-2-13(9-19(17)23)21(26)25-10-14-3-7-20(24)18(14)11-25;/h2,4-6,8-9,14,18,20H,3,7,10-11,24H2,1H3;1H. The first-order valence-electron chi connectivity index (χ1n) is 9.05. The molecule has 4 rings (SSSR count). The van der Waals surface area contributed by atoms with Gasteiger partial charge in [-0.3, -0.25) is 4.79 Å². The summed E-state index contributed by atoms with van der Waals surface area (Å²) in [6.07, 6.45) is 2.09. The number of carbonyl (C=O) groups is 1. The van der Waals surface area contributed by atoms with Gasteiger partial charge in [0.15, 0.2) is 0 Å². The van der Waals surface area contributed by atoms with Crippen LogP contribution < -0.4 is 5.73 Å². The summed E-state index contributed by atoms with van der Waals surface area (Å²) in [5.41, 5.74) is 8.14. The lowest BCUT2D eigenvalue weighted by Crippen LogP contribution is -2.33. The number of halogens is 3. The Hall–Kier alpha value is -1.98. The molecule has 0 aromatic heterocycles. The molecule has 2 N–H and O–H groups in total. The highest BCUT2D eigenvalue weighted by Gasteiger charge is 2.42. The van der Waals surface area contributed by atoms with E-state index < -0.39 is 5.82 Å². The number of amides is 1. The Morgan fingerprint density at radius 1 is 1.07 bits per heavy atom. The van der Waals surface area contributed by atoms with Gasteiger partial charge in [0.1, 0.15) is 11.6 Å². The average Bonchev–Trinajstić information content (AvgIpc) is 3.17. The van der Waals surface area contributed by atoms with Crippen LogP contribution in [0.4, 0.5) is 8.78 Å². The maximum Gasteiger partial charge on any atom is 0.253 e. The summed E-state index contributed by atoms with van der Waals surface area (Å²) in [6.45, 7) is 3.10. The third-order valence-electron chi connectivity index (χ3n) is 5.89. The fourth-order valence-corrected chi connectivity index (χ4v) is 4.45. The molecule has 2 aromatic rings. The van der Waals surface area contributed by atoms with Gasteiger partial charge in [0, 0.05) is 30.3 Å². The lowest BCUT2D eigenvalue weighted by Gasteiger charge is -2.19. The second kappa shape index (κ2) is 7.56. The molecule has 3 nitrogen and oxygen atoms in total. The zero-order valence-electron chi connectivity index (χ0n) is 15.1. The number of likely N-dealkylation sites (tertiary alicyclic amines) is 1. The van der Waals surface area contributed by atoms with E-state index in [1.807, 2.05) is 0 Å². The van der Waals surface area contributed by atoms with Gasteiger partial charge in [-0.1, -0.05) is 12.1 Å². The quantitative estimate of drug-likeness (QED) is 0.833. The van der Waals surface area contributed by atoms with Crippen LogP contribution >= 0.6 is 12.4 Å². The topological polar surface area (TPSA) is 46.3 Å². The Morgan fingerprint density at radius 2 is 1.81 bits per heavy atom. The molecule has 3 atom stereocenters. The van der Waals surface area contributed by atoms with Gasteiger partial charge in [-0.15, -0.1) is 12.4 Å². The molecule has 3 unspecified atom stereocenters. The van der Waals surface area contributed by atoms with Crippen molar-refractivity contribution in [2.24, 2.45) is 17.6 Å². The number of hydrogen-bond acceptors (Lipinski definition) is 2. The number of hydrogen-bond donors (Lipinski definition) is 1. The van der Waals surface area contributed by atoms with Gasteiger partial charge in [-0.05, 0) is 67.0 Å². The summed E-state index contributed by atoms with van der Waals surface area (Å²) >= 11 is 0. The summed E-state index contributed by atoms with van der Waals surface area (Å²) in [7, 11) is 0. The van der Waals surface area contributed by atoms with Crippen LogP contribution in [0.15, 0.2) is 36.4 Å². The highest BCUT2D eigenvalue weighted by Crippen LogP contribution is 2.37. The van der Waals surface area contributed by atoms with Gasteiger partial charge in [-0.25, -0.2) is 8.78 Å². The SMILES string of the molecule is Cc1cc(F)ccc1-c1ccc(C(=O)N2CC3CCC(N)C3C2)cc1F.Cl. The molecule has 144 valence electrons. The number of fused-ring (bicyclic) bond motifs is 1. The summed E-state index contributed by atoms with van der Waals surface area (Å²) in [4.78, 5) is 14.6. The second-order valence-corrected chi connectivity index (χ2v) is 7.53. The molecule has 6 heteroatoms. The minimum Gasteiger partial charge on any atom is -0.338 e. The first-order valence-corrected chi connectivity index (χ1v) is 9.05. The summed E-state index contributed by atoms with van der Waals surface area (Å²) < 4.78 is 28.0. The molecular weight excluding hydrogens is 370 g/mol. The van der Waals surface area contributed by atoms with Gasteiger partial charge < -0.3 is 10.6 Å². The van der Waals surface area contributed by atoms with Crippen molar-refractivity contribution in [2.75, 3.05) is 13.1 Å². The minimum absolute atomic E-state index is 0. The third kappa shape index (κ3) is 3.58. The van der Waals surface area contributed by atoms with E-state index >= 15 is 0 Å². The molecule has 0 radical (unpaired) electrons. The smallest absolute Gasteiger partial charge is 0.253 e. The highest BCUT2D eigenvalue weighted by atomic mass is 35.5. The predicted molar refractivity (Wildman–Crippen MR) is 104 cm³/mol. The minimum atomic E-state index is -0.471. The van der Waals surface area contributed by atoms with Crippen molar-refractivity contribution in [1.29, 1.82) is 0 Å². The second-order valence-electron chi connectivity index (χ2n) is 7.53. The van der Waals surface area contributed by atoms with Gasteiger partial charge in [0.2, 0.25) is 0 Å². The van der Waals surface area contributed by atoms with Crippen molar-refractivity contribution in [3.8, 4) is 11.1 Å². The zero-order valence-corrected chi connectivity index (χ0v) is 15.9. The van der Waals surface area contributed by atoms with Crippen LogP contribution in [0, 0.1) is 30.4 Å². The fraction of sp³-hybridized carbons (Fsp3) is 0.381. The Bertz CT molecular complexity index is 873. The Balaban J connectivity index is 0.00000210. The molecule has 0 bridgehead atoms. The van der Waals surface area contributed by atoms with E-state index in [0.29, 0.717) is 47.2 Å². The predicted octanol–water partition coefficient (Wildman–Crippen LogP) is 4.17. The molecule has 27 heavy (non-hydrogen) atoms. The Morgan fingerprint density at radius 3 is 2.48 bits per heavy atom. The van der Waals surface area contributed by atoms with E-state index in [0.717, 1.165) is 12.8 Å². The molecule has 1 saturated carbocycles. The molecule has 2 fully saturated rings. The molecule has 1 aliphatic heterocycles. The maximum atomic E-state index is 14.7. The molecule has 1 saturated heterocycles. The summed E-state index contributed by atoms with van der Waals surface area (Å²) in [6, 6.07) is 8.96. The van der Waals surface area contributed by atoms with E-state index in [4.69, 9.17) is 5.73 Å². The lowest BCUT2D eigenvalue weighted by atomic mass is 9.98. The van der Waals surface area contributed by atoms with Gasteiger partial charge in [0.25, 0.3) is 5.91 Å². The van der Waals surface area contributed by atoms with Gasteiger partial charge in [-0.2, -0.15) is 0 Å². The molecular formula is C21H23ClF2N2O. The first kappa shape index (κ1) is 19.8. The number of benzene rings is 2. The van der Waals surface area contributed by atoms with Crippen LogP contribution in [0.1, 0.15) is 28.8 Å². The van der Waals surface area contributed by atoms with Crippen LogP contribution in [-0.4, -0.2) is 29.9 Å². The van der Waals surface area contributed by atoms with Crippen molar-refractivity contribution in [3.05, 3.63) is 59.2 Å². The number of aryl methyl sites for hydroxylation is 1. The molecule has 0 spiro atoms. The van der Waals surface area contributed by atoms with Crippen LogP contribution in [0.2, 0.25) is 0 Å². The summed E-state index contributed by atoms with van der Waals surface area (Å²) in [5, 5.41) is 0. The molecule has 1 heterocycles. The number of nitrogens with two attached hydrogens (primary N) is 1. The molecule has 1 aliphatic carbocycles. The van der Waals surface area contributed by atoms with Crippen LogP contribution in [0.5, 0.6) is 0 Å². The monoisotopic (exact) mass is 392 g/mol. The third-order valence-corrected chi connectivity index (χ3v) is 5.89. The van der Waals surface area contributed by atoms with Crippen molar-refractivity contribution in [3.63, 3.8) is 0 Å². The Kier molecular flexibility index (Phi) is 5.54. The lowest BCUT2D eigenvalue weighted by molar-refractivity contribution is 0.0779. The van der Waals surface area contributed by atoms with E-state index in [2.05, 4.69) is 0 Å². The Labute approximate surface area is 164 Å². The van der Waals surface area contributed by atoms with Gasteiger partial charge in [0.05, 0.1) is 0 Å². The largest absolute Gasteiger partial charge is 0.338 e. The normalized spacial score (nSPS) is 23.9. The van der Waals surface area contributed by atoms with E-state index in [-0.39, 0.29) is 30.2 Å². The van der Waals surface area contributed by atoms with Gasteiger partial charge >= 0.3 is 0 Å². The van der Waals surface area contributed by atoms with Crippen LogP contribution in [-0.2, 0) is 0 Å². The van der Waals surface area contributed by atoms with Crippen molar-refractivity contribution in [1.82, 2.24) is 4.90 Å². The highest BCUT2D eigenvalue weighted by molar-refractivity contribution is 5.95. The van der Waals surface area contributed by atoms with Crippen molar-refractivity contribution < 1.29 is 13.6 Å². The molecule has 2 aromatic carbocycles. The number of rotatable bonds is 2. The van der Waals surface area contributed by atoms with Crippen LogP contribution in [0.3, 0.4) is 0 Å².